The quantitative estimate of drug-likeness (QED) is 0.543. The molecule has 2 nitrogen and oxygen atoms in total. The molecule has 2 atom stereocenters. The number of carbonyl (C=O) groups excluding carboxylic acids is 1. The SMILES string of the molecule is COC(=O)[C@H]1CCCC(C)C1. The maximum absolute atomic E-state index is 11.1. The van der Waals surface area contributed by atoms with Crippen LogP contribution in [0.15, 0.2) is 0 Å². The van der Waals surface area contributed by atoms with Crippen LogP contribution in [0, 0.1) is 11.8 Å². The molecular weight excluding hydrogens is 140 g/mol. The van der Waals surface area contributed by atoms with E-state index in [9.17, 15) is 4.79 Å². The molecule has 0 aromatic rings. The third-order valence-corrected chi connectivity index (χ3v) is 2.47. The summed E-state index contributed by atoms with van der Waals surface area (Å²) in [5.74, 6) is 0.869. The Morgan fingerprint density at radius 3 is 2.73 bits per heavy atom. The second kappa shape index (κ2) is 3.74. The number of rotatable bonds is 1. The first kappa shape index (κ1) is 8.57. The van der Waals surface area contributed by atoms with E-state index >= 15 is 0 Å². The van der Waals surface area contributed by atoms with Gasteiger partial charge in [0.15, 0.2) is 0 Å². The minimum absolute atomic E-state index is 0.0171. The van der Waals surface area contributed by atoms with Crippen LogP contribution in [0.25, 0.3) is 0 Å². The van der Waals surface area contributed by atoms with Gasteiger partial charge in [-0.3, -0.25) is 4.79 Å². The van der Waals surface area contributed by atoms with E-state index in [1.807, 2.05) is 0 Å². The standard InChI is InChI=1S/C9H16O2/c1-7-4-3-5-8(6-7)9(10)11-2/h7-8H,3-6H2,1-2H3/t7?,8-/m0/s1. The summed E-state index contributed by atoms with van der Waals surface area (Å²) in [5.41, 5.74) is 0. The monoisotopic (exact) mass is 156 g/mol. The molecule has 1 aliphatic carbocycles. The summed E-state index contributed by atoms with van der Waals surface area (Å²) in [6.45, 7) is 2.20. The fourth-order valence-corrected chi connectivity index (χ4v) is 1.81. The first-order valence-electron chi connectivity index (χ1n) is 4.32. The van der Waals surface area contributed by atoms with E-state index in [0.29, 0.717) is 5.92 Å². The first-order valence-corrected chi connectivity index (χ1v) is 4.32. The zero-order valence-electron chi connectivity index (χ0n) is 7.30. The fourth-order valence-electron chi connectivity index (χ4n) is 1.81. The summed E-state index contributed by atoms with van der Waals surface area (Å²) in [6, 6.07) is 0. The lowest BCUT2D eigenvalue weighted by Crippen LogP contribution is -2.22. The van der Waals surface area contributed by atoms with E-state index < -0.39 is 0 Å². The highest BCUT2D eigenvalue weighted by Crippen LogP contribution is 2.28. The van der Waals surface area contributed by atoms with Crippen LogP contribution in [-0.2, 0) is 9.53 Å². The number of hydrogen-bond donors (Lipinski definition) is 0. The lowest BCUT2D eigenvalue weighted by Gasteiger charge is -2.24. The number of hydrogen-bond acceptors (Lipinski definition) is 2. The number of esters is 1. The predicted octanol–water partition coefficient (Wildman–Crippen LogP) is 1.99. The van der Waals surface area contributed by atoms with Crippen LogP contribution in [0.3, 0.4) is 0 Å². The van der Waals surface area contributed by atoms with Crippen molar-refractivity contribution in [1.82, 2.24) is 0 Å². The van der Waals surface area contributed by atoms with Crippen molar-refractivity contribution in [3.63, 3.8) is 0 Å². The van der Waals surface area contributed by atoms with Crippen molar-refractivity contribution >= 4 is 5.97 Å². The van der Waals surface area contributed by atoms with Crippen molar-refractivity contribution in [2.75, 3.05) is 7.11 Å². The second-order valence-corrected chi connectivity index (χ2v) is 3.49. The predicted molar refractivity (Wildman–Crippen MR) is 43.1 cm³/mol. The van der Waals surface area contributed by atoms with Gasteiger partial charge < -0.3 is 4.74 Å². The summed E-state index contributed by atoms with van der Waals surface area (Å²) >= 11 is 0. The Balaban J connectivity index is 2.39. The minimum Gasteiger partial charge on any atom is -0.469 e. The molecule has 0 bridgehead atoms. The van der Waals surface area contributed by atoms with Crippen LogP contribution in [0.5, 0.6) is 0 Å². The molecule has 0 aliphatic heterocycles. The molecule has 64 valence electrons. The zero-order chi connectivity index (χ0) is 8.27. The molecule has 1 saturated carbocycles. The summed E-state index contributed by atoms with van der Waals surface area (Å²) < 4.78 is 4.70. The van der Waals surface area contributed by atoms with Crippen LogP contribution >= 0.6 is 0 Å². The van der Waals surface area contributed by atoms with Gasteiger partial charge in [-0.2, -0.15) is 0 Å². The number of methoxy groups -OCH3 is 1. The highest BCUT2D eigenvalue weighted by atomic mass is 16.5. The van der Waals surface area contributed by atoms with Crippen molar-refractivity contribution in [2.45, 2.75) is 32.6 Å². The molecule has 1 unspecified atom stereocenters. The van der Waals surface area contributed by atoms with Crippen molar-refractivity contribution < 1.29 is 9.53 Å². The Morgan fingerprint density at radius 2 is 2.18 bits per heavy atom. The van der Waals surface area contributed by atoms with Gasteiger partial charge >= 0.3 is 5.97 Å². The van der Waals surface area contributed by atoms with Gasteiger partial charge in [0.1, 0.15) is 0 Å². The molecule has 1 rings (SSSR count). The lowest BCUT2D eigenvalue weighted by atomic mass is 9.82. The van der Waals surface area contributed by atoms with E-state index in [2.05, 4.69) is 6.92 Å². The van der Waals surface area contributed by atoms with E-state index in [0.717, 1.165) is 12.8 Å². The minimum atomic E-state index is -0.0171. The summed E-state index contributed by atoms with van der Waals surface area (Å²) in [6.07, 6.45) is 4.50. The topological polar surface area (TPSA) is 26.3 Å². The Labute approximate surface area is 67.9 Å². The molecule has 0 N–H and O–H groups in total. The van der Waals surface area contributed by atoms with Crippen LogP contribution in [-0.4, -0.2) is 13.1 Å². The smallest absolute Gasteiger partial charge is 0.308 e. The van der Waals surface area contributed by atoms with Crippen LogP contribution in [0.1, 0.15) is 32.6 Å². The largest absolute Gasteiger partial charge is 0.469 e. The van der Waals surface area contributed by atoms with Crippen LogP contribution < -0.4 is 0 Å². The van der Waals surface area contributed by atoms with Crippen molar-refractivity contribution in [3.8, 4) is 0 Å². The molecule has 11 heavy (non-hydrogen) atoms. The van der Waals surface area contributed by atoms with Gasteiger partial charge in [0, 0.05) is 0 Å². The Morgan fingerprint density at radius 1 is 1.45 bits per heavy atom. The highest BCUT2D eigenvalue weighted by molar-refractivity contribution is 5.72. The zero-order valence-corrected chi connectivity index (χ0v) is 7.30. The third kappa shape index (κ3) is 2.21. The van der Waals surface area contributed by atoms with Gasteiger partial charge in [0.25, 0.3) is 0 Å². The molecule has 0 spiro atoms. The van der Waals surface area contributed by atoms with Gasteiger partial charge in [0.05, 0.1) is 13.0 Å². The van der Waals surface area contributed by atoms with E-state index in [1.54, 1.807) is 0 Å². The van der Waals surface area contributed by atoms with Gasteiger partial charge in [-0.05, 0) is 18.8 Å². The average molecular weight is 156 g/mol. The molecule has 0 aromatic carbocycles. The Kier molecular flexibility index (Phi) is 2.92. The first-order chi connectivity index (χ1) is 5.24. The van der Waals surface area contributed by atoms with E-state index in [1.165, 1.54) is 20.0 Å². The Bertz CT molecular complexity index is 142. The molecule has 1 aliphatic rings. The highest BCUT2D eigenvalue weighted by Gasteiger charge is 2.25. The van der Waals surface area contributed by atoms with E-state index in [-0.39, 0.29) is 11.9 Å². The average Bonchev–Trinajstić information content (AvgIpc) is 2.03. The Hall–Kier alpha value is -0.530. The third-order valence-electron chi connectivity index (χ3n) is 2.47. The van der Waals surface area contributed by atoms with Gasteiger partial charge in [0.2, 0.25) is 0 Å². The maximum Gasteiger partial charge on any atom is 0.308 e. The molecule has 1 fully saturated rings. The van der Waals surface area contributed by atoms with Gasteiger partial charge in [-0.15, -0.1) is 0 Å². The van der Waals surface area contributed by atoms with E-state index in [4.69, 9.17) is 4.74 Å². The van der Waals surface area contributed by atoms with Gasteiger partial charge in [-0.25, -0.2) is 0 Å². The molecule has 0 amide bonds. The van der Waals surface area contributed by atoms with Crippen LogP contribution in [0.4, 0.5) is 0 Å². The molecule has 2 heteroatoms. The summed E-state index contributed by atoms with van der Waals surface area (Å²) in [5, 5.41) is 0. The lowest BCUT2D eigenvalue weighted by molar-refractivity contribution is -0.147. The molecule has 0 radical (unpaired) electrons. The molecule has 0 aromatic heterocycles. The second-order valence-electron chi connectivity index (χ2n) is 3.49. The number of ether oxygens (including phenoxy) is 1. The van der Waals surface area contributed by atoms with Crippen LogP contribution in [0.2, 0.25) is 0 Å². The summed E-state index contributed by atoms with van der Waals surface area (Å²) in [4.78, 5) is 11.1. The number of carbonyl (C=O) groups is 1. The molecular formula is C9H16O2. The maximum atomic E-state index is 11.1. The fraction of sp³-hybridized carbons (Fsp3) is 0.889. The molecule has 0 saturated heterocycles. The molecule has 0 heterocycles. The summed E-state index contributed by atoms with van der Waals surface area (Å²) in [7, 11) is 1.47. The van der Waals surface area contributed by atoms with Crippen molar-refractivity contribution in [1.29, 1.82) is 0 Å². The van der Waals surface area contributed by atoms with Crippen molar-refractivity contribution in [3.05, 3.63) is 0 Å². The normalized spacial score (nSPS) is 31.5. The van der Waals surface area contributed by atoms with Gasteiger partial charge in [-0.1, -0.05) is 19.8 Å². The van der Waals surface area contributed by atoms with Crippen molar-refractivity contribution in [2.24, 2.45) is 11.8 Å².